The third kappa shape index (κ3) is 2.32. The topological polar surface area (TPSA) is 48.1 Å². The zero-order chi connectivity index (χ0) is 10.1. The van der Waals surface area contributed by atoms with Crippen molar-refractivity contribution in [3.8, 4) is 0 Å². The van der Waals surface area contributed by atoms with E-state index in [-0.39, 0.29) is 11.4 Å². The minimum absolute atomic E-state index is 0.361. The molecule has 1 aliphatic heterocycles. The van der Waals surface area contributed by atoms with E-state index < -0.39 is 7.60 Å². The first-order chi connectivity index (χ1) is 5.96. The molecule has 5 heteroatoms. The predicted octanol–water partition coefficient (Wildman–Crippen LogP) is 2.39. The lowest BCUT2D eigenvalue weighted by Gasteiger charge is -2.15. The van der Waals surface area contributed by atoms with E-state index in [9.17, 15) is 4.57 Å². The van der Waals surface area contributed by atoms with E-state index in [1.807, 2.05) is 13.8 Å². The van der Waals surface area contributed by atoms with E-state index in [4.69, 9.17) is 13.8 Å². The van der Waals surface area contributed by atoms with Crippen LogP contribution in [0.25, 0.3) is 0 Å². The van der Waals surface area contributed by atoms with Gasteiger partial charge >= 0.3 is 7.60 Å². The molecule has 0 N–H and O–H groups in total. The third-order valence-electron chi connectivity index (χ3n) is 1.86. The average molecular weight is 208 g/mol. The molecule has 0 radical (unpaired) electrons. The van der Waals surface area contributed by atoms with Crippen LogP contribution in [0.3, 0.4) is 0 Å². The van der Waals surface area contributed by atoms with Gasteiger partial charge in [-0.3, -0.25) is 4.57 Å². The maximum Gasteiger partial charge on any atom is 0.362 e. The summed E-state index contributed by atoms with van der Waals surface area (Å²) in [6.07, 6.45) is 0. The summed E-state index contributed by atoms with van der Waals surface area (Å²) in [6.45, 7) is 8.10. The van der Waals surface area contributed by atoms with Crippen LogP contribution in [0.5, 0.6) is 0 Å². The summed E-state index contributed by atoms with van der Waals surface area (Å²) in [5.74, 6) is -0.389. The van der Waals surface area contributed by atoms with Crippen LogP contribution in [0.2, 0.25) is 0 Å². The van der Waals surface area contributed by atoms with Crippen molar-refractivity contribution in [1.29, 1.82) is 0 Å². The standard InChI is InChI=1S/C8H17O4P/c1-5-10-13(9,11-6-2)7-8(3,4)12-7/h7H,5-6H2,1-4H3. The highest BCUT2D eigenvalue weighted by Crippen LogP contribution is 2.65. The zero-order valence-electron chi connectivity index (χ0n) is 8.57. The maximum absolute atomic E-state index is 12.0. The fraction of sp³-hybridized carbons (Fsp3) is 1.00. The molecule has 13 heavy (non-hydrogen) atoms. The quantitative estimate of drug-likeness (QED) is 0.514. The Bertz CT molecular complexity index is 216. The van der Waals surface area contributed by atoms with Crippen LogP contribution >= 0.6 is 7.60 Å². The highest BCUT2D eigenvalue weighted by molar-refractivity contribution is 7.54. The van der Waals surface area contributed by atoms with Crippen molar-refractivity contribution in [3.05, 3.63) is 0 Å². The van der Waals surface area contributed by atoms with Gasteiger partial charge in [0.15, 0.2) is 5.85 Å². The first-order valence-corrected chi connectivity index (χ1v) is 6.14. The van der Waals surface area contributed by atoms with Crippen LogP contribution in [0.15, 0.2) is 0 Å². The molecule has 1 aliphatic rings. The molecule has 0 aromatic carbocycles. The molecule has 1 rings (SSSR count). The van der Waals surface area contributed by atoms with Crippen molar-refractivity contribution in [2.45, 2.75) is 39.1 Å². The van der Waals surface area contributed by atoms with Gasteiger partial charge in [0, 0.05) is 0 Å². The molecule has 1 atom stereocenters. The maximum atomic E-state index is 12.0. The van der Waals surface area contributed by atoms with Gasteiger partial charge in [0.2, 0.25) is 0 Å². The fourth-order valence-corrected chi connectivity index (χ4v) is 3.46. The Labute approximate surface area is 79.1 Å². The van der Waals surface area contributed by atoms with Crippen LogP contribution in [0, 0.1) is 0 Å². The zero-order valence-corrected chi connectivity index (χ0v) is 9.47. The monoisotopic (exact) mass is 208 g/mol. The first-order valence-electron chi connectivity index (χ1n) is 4.53. The fourth-order valence-electron chi connectivity index (χ4n) is 1.23. The van der Waals surface area contributed by atoms with Crippen molar-refractivity contribution in [3.63, 3.8) is 0 Å². The van der Waals surface area contributed by atoms with Crippen molar-refractivity contribution in [2.75, 3.05) is 13.2 Å². The van der Waals surface area contributed by atoms with E-state index in [0.29, 0.717) is 13.2 Å². The summed E-state index contributed by atoms with van der Waals surface area (Å²) in [5.41, 5.74) is -0.361. The molecule has 0 spiro atoms. The molecule has 4 nitrogen and oxygen atoms in total. The summed E-state index contributed by atoms with van der Waals surface area (Å²) in [5, 5.41) is 0. The van der Waals surface area contributed by atoms with Crippen molar-refractivity contribution < 1.29 is 18.3 Å². The first kappa shape index (κ1) is 11.2. The molecule has 0 aromatic heterocycles. The Balaban J connectivity index is 2.64. The summed E-state index contributed by atoms with van der Waals surface area (Å²) in [6, 6.07) is 0. The number of hydrogen-bond acceptors (Lipinski definition) is 4. The van der Waals surface area contributed by atoms with Crippen molar-refractivity contribution in [2.24, 2.45) is 0 Å². The SMILES string of the molecule is CCOP(=O)(OCC)C1OC1(C)C. The molecule has 0 amide bonds. The molecule has 1 fully saturated rings. The van der Waals surface area contributed by atoms with Crippen LogP contribution in [-0.4, -0.2) is 24.7 Å². The number of ether oxygens (including phenoxy) is 1. The minimum atomic E-state index is -3.02. The van der Waals surface area contributed by atoms with Gasteiger partial charge < -0.3 is 13.8 Å². The van der Waals surface area contributed by atoms with Gasteiger partial charge in [-0.1, -0.05) is 0 Å². The van der Waals surface area contributed by atoms with Gasteiger partial charge in [0.05, 0.1) is 13.2 Å². The van der Waals surface area contributed by atoms with Crippen LogP contribution in [0.1, 0.15) is 27.7 Å². The Morgan fingerprint density at radius 2 is 1.69 bits per heavy atom. The lowest BCUT2D eigenvalue weighted by Crippen LogP contribution is -2.08. The number of rotatable bonds is 5. The van der Waals surface area contributed by atoms with E-state index in [0.717, 1.165) is 0 Å². The van der Waals surface area contributed by atoms with Gasteiger partial charge in [0.1, 0.15) is 5.60 Å². The molecule has 0 bridgehead atoms. The molecule has 1 heterocycles. The Hall–Kier alpha value is 0.110. The minimum Gasteiger partial charge on any atom is -0.353 e. The molecule has 1 saturated heterocycles. The number of hydrogen-bond donors (Lipinski definition) is 0. The normalized spacial score (nSPS) is 26.0. The van der Waals surface area contributed by atoms with Crippen LogP contribution in [-0.2, 0) is 18.3 Å². The second kappa shape index (κ2) is 3.70. The van der Waals surface area contributed by atoms with Crippen molar-refractivity contribution in [1.82, 2.24) is 0 Å². The van der Waals surface area contributed by atoms with Gasteiger partial charge in [0.25, 0.3) is 0 Å². The smallest absolute Gasteiger partial charge is 0.353 e. The van der Waals surface area contributed by atoms with E-state index in [2.05, 4.69) is 0 Å². The largest absolute Gasteiger partial charge is 0.362 e. The highest BCUT2D eigenvalue weighted by atomic mass is 31.2. The van der Waals surface area contributed by atoms with Gasteiger partial charge in [-0.2, -0.15) is 0 Å². The van der Waals surface area contributed by atoms with E-state index in [1.54, 1.807) is 13.8 Å². The van der Waals surface area contributed by atoms with Gasteiger partial charge in [-0.15, -0.1) is 0 Å². The molecular weight excluding hydrogens is 191 g/mol. The average Bonchev–Trinajstić information content (AvgIpc) is 2.62. The molecule has 0 saturated carbocycles. The summed E-state index contributed by atoms with van der Waals surface area (Å²) in [4.78, 5) is 0. The molecule has 0 aliphatic carbocycles. The lowest BCUT2D eigenvalue weighted by atomic mass is 10.3. The summed E-state index contributed by atoms with van der Waals surface area (Å²) < 4.78 is 27.6. The lowest BCUT2D eigenvalue weighted by molar-refractivity contribution is 0.207. The van der Waals surface area contributed by atoms with Crippen LogP contribution < -0.4 is 0 Å². The number of epoxide rings is 1. The second-order valence-electron chi connectivity index (χ2n) is 3.45. The van der Waals surface area contributed by atoms with E-state index in [1.165, 1.54) is 0 Å². The van der Waals surface area contributed by atoms with Crippen LogP contribution in [0.4, 0.5) is 0 Å². The Morgan fingerprint density at radius 1 is 1.31 bits per heavy atom. The van der Waals surface area contributed by atoms with Crippen molar-refractivity contribution >= 4 is 7.60 Å². The molecule has 0 aromatic rings. The van der Waals surface area contributed by atoms with Gasteiger partial charge in [-0.25, -0.2) is 0 Å². The Kier molecular flexibility index (Phi) is 3.18. The van der Waals surface area contributed by atoms with Gasteiger partial charge in [-0.05, 0) is 27.7 Å². The second-order valence-corrected chi connectivity index (χ2v) is 5.51. The highest BCUT2D eigenvalue weighted by Gasteiger charge is 2.61. The third-order valence-corrected chi connectivity index (χ3v) is 4.40. The van der Waals surface area contributed by atoms with E-state index >= 15 is 0 Å². The predicted molar refractivity (Wildman–Crippen MR) is 49.8 cm³/mol. The molecule has 1 unspecified atom stereocenters. The Morgan fingerprint density at radius 3 is 1.92 bits per heavy atom. The molecular formula is C8H17O4P. The summed E-state index contributed by atoms with van der Waals surface area (Å²) in [7, 11) is -3.02. The summed E-state index contributed by atoms with van der Waals surface area (Å²) >= 11 is 0. The molecule has 78 valence electrons.